The summed E-state index contributed by atoms with van der Waals surface area (Å²) in [4.78, 5) is 43.5. The van der Waals surface area contributed by atoms with Crippen molar-refractivity contribution in [3.05, 3.63) is 39.9 Å². The van der Waals surface area contributed by atoms with Crippen LogP contribution in [0.2, 0.25) is 0 Å². The van der Waals surface area contributed by atoms with E-state index in [0.717, 1.165) is 37.9 Å². The lowest BCUT2D eigenvalue weighted by molar-refractivity contribution is -0.152. The normalized spacial score (nSPS) is 31.6. The lowest BCUT2D eigenvalue weighted by Gasteiger charge is -2.56. The van der Waals surface area contributed by atoms with Gasteiger partial charge in [-0.25, -0.2) is 9.78 Å². The third-order valence-electron chi connectivity index (χ3n) is 8.27. The molecule has 2 heterocycles. The minimum Gasteiger partial charge on any atom is -0.451 e. The first-order chi connectivity index (χ1) is 14.9. The molecule has 1 aliphatic heterocycles. The molecule has 0 radical (unpaired) electrons. The molecule has 0 unspecified atom stereocenters. The van der Waals surface area contributed by atoms with E-state index >= 15 is 0 Å². The van der Waals surface area contributed by atoms with Crippen LogP contribution < -0.4 is 5.56 Å². The van der Waals surface area contributed by atoms with Crippen molar-refractivity contribution in [2.45, 2.75) is 70.9 Å². The number of ketones is 1. The number of aromatic nitrogens is 2. The van der Waals surface area contributed by atoms with Gasteiger partial charge in [0, 0.05) is 18.4 Å². The predicted molar refractivity (Wildman–Crippen MR) is 115 cm³/mol. The summed E-state index contributed by atoms with van der Waals surface area (Å²) in [6.45, 7) is 2.42. The second-order valence-corrected chi connectivity index (χ2v) is 10.4. The second kappa shape index (κ2) is 6.75. The van der Waals surface area contributed by atoms with Gasteiger partial charge in [0.25, 0.3) is 5.56 Å². The molecule has 0 amide bonds. The number of aryl methyl sites for hydroxylation is 1. The van der Waals surface area contributed by atoms with Crippen LogP contribution in [0.15, 0.2) is 23.0 Å². The van der Waals surface area contributed by atoms with Crippen LogP contribution in [-0.4, -0.2) is 27.4 Å². The van der Waals surface area contributed by atoms with Gasteiger partial charge in [0.05, 0.1) is 16.5 Å². The van der Waals surface area contributed by atoms with Gasteiger partial charge < -0.3 is 4.74 Å². The molecule has 1 aromatic heterocycles. The SMILES string of the molecule is C[C@@H](OC(=O)c1ccc2c(=O)n3c(nc2c1)CCC3)C(=O)C12CC3CC(CC(C3)C1)C2. The molecule has 0 saturated heterocycles. The zero-order valence-corrected chi connectivity index (χ0v) is 17.9. The van der Waals surface area contributed by atoms with Crippen molar-refractivity contribution in [2.75, 3.05) is 0 Å². The topological polar surface area (TPSA) is 78.3 Å². The van der Waals surface area contributed by atoms with Gasteiger partial charge in [-0.15, -0.1) is 0 Å². The molecule has 1 aromatic carbocycles. The Balaban J connectivity index is 1.23. The number of ether oxygens (including phenoxy) is 1. The Morgan fingerprint density at radius 3 is 2.48 bits per heavy atom. The number of fused-ring (bicyclic) bond motifs is 2. The van der Waals surface area contributed by atoms with E-state index in [-0.39, 0.29) is 16.8 Å². The maximum Gasteiger partial charge on any atom is 0.338 e. The Hall–Kier alpha value is -2.50. The highest BCUT2D eigenvalue weighted by atomic mass is 16.5. The van der Waals surface area contributed by atoms with Crippen LogP contribution in [0.3, 0.4) is 0 Å². The minimum absolute atomic E-state index is 0.0530. The van der Waals surface area contributed by atoms with E-state index < -0.39 is 12.1 Å². The molecule has 5 aliphatic rings. The van der Waals surface area contributed by atoms with Gasteiger partial charge >= 0.3 is 5.97 Å². The summed E-state index contributed by atoms with van der Waals surface area (Å²) in [6, 6.07) is 4.89. The largest absolute Gasteiger partial charge is 0.451 e. The summed E-state index contributed by atoms with van der Waals surface area (Å²) >= 11 is 0. The molecule has 6 nitrogen and oxygen atoms in total. The first-order valence-corrected chi connectivity index (χ1v) is 11.7. The third kappa shape index (κ3) is 2.98. The van der Waals surface area contributed by atoms with Gasteiger partial charge in [-0.3, -0.25) is 14.2 Å². The molecular weight excluding hydrogens is 392 g/mol. The van der Waals surface area contributed by atoms with Crippen molar-refractivity contribution in [1.82, 2.24) is 9.55 Å². The molecule has 2 aromatic rings. The zero-order valence-electron chi connectivity index (χ0n) is 17.9. The number of hydrogen-bond acceptors (Lipinski definition) is 5. The summed E-state index contributed by atoms with van der Waals surface area (Å²) in [5, 5.41) is 0.514. The monoisotopic (exact) mass is 420 g/mol. The Labute approximate surface area is 181 Å². The Bertz CT molecular complexity index is 1130. The Kier molecular flexibility index (Phi) is 4.18. The third-order valence-corrected chi connectivity index (χ3v) is 8.27. The van der Waals surface area contributed by atoms with E-state index in [9.17, 15) is 14.4 Å². The highest BCUT2D eigenvalue weighted by Crippen LogP contribution is 2.60. The average molecular weight is 421 g/mol. The second-order valence-electron chi connectivity index (χ2n) is 10.4. The first-order valence-electron chi connectivity index (χ1n) is 11.7. The zero-order chi connectivity index (χ0) is 21.3. The van der Waals surface area contributed by atoms with Crippen LogP contribution in [0, 0.1) is 23.2 Å². The van der Waals surface area contributed by atoms with Crippen LogP contribution in [0.5, 0.6) is 0 Å². The fourth-order valence-corrected chi connectivity index (χ4v) is 7.34. The molecule has 6 heteroatoms. The minimum atomic E-state index is -0.752. The number of rotatable bonds is 4. The van der Waals surface area contributed by atoms with Crippen molar-refractivity contribution in [3.8, 4) is 0 Å². The predicted octanol–water partition coefficient (Wildman–Crippen LogP) is 3.67. The number of benzene rings is 1. The van der Waals surface area contributed by atoms with Crippen molar-refractivity contribution >= 4 is 22.7 Å². The number of hydrogen-bond donors (Lipinski definition) is 0. The lowest BCUT2D eigenvalue weighted by Crippen LogP contribution is -2.52. The number of carbonyl (C=O) groups excluding carboxylic acids is 2. The van der Waals surface area contributed by atoms with Gasteiger partial charge in [0.15, 0.2) is 11.9 Å². The molecular formula is C25H28N2O4. The summed E-state index contributed by atoms with van der Waals surface area (Å²) in [5.41, 5.74) is 0.525. The van der Waals surface area contributed by atoms with Crippen molar-refractivity contribution in [3.63, 3.8) is 0 Å². The molecule has 31 heavy (non-hydrogen) atoms. The Morgan fingerprint density at radius 2 is 1.81 bits per heavy atom. The van der Waals surface area contributed by atoms with Gasteiger partial charge in [0.2, 0.25) is 0 Å². The number of nitrogens with zero attached hydrogens (tertiary/aromatic N) is 2. The molecule has 4 saturated carbocycles. The molecule has 4 fully saturated rings. The van der Waals surface area contributed by atoms with E-state index in [2.05, 4.69) is 4.98 Å². The molecule has 0 N–H and O–H groups in total. The van der Waals surface area contributed by atoms with Crippen LogP contribution in [0.25, 0.3) is 10.9 Å². The molecule has 4 bridgehead atoms. The van der Waals surface area contributed by atoms with Crippen molar-refractivity contribution < 1.29 is 14.3 Å². The van der Waals surface area contributed by atoms with Crippen LogP contribution in [0.1, 0.15) is 68.1 Å². The summed E-state index contributed by atoms with van der Waals surface area (Å²) in [6.07, 6.45) is 7.65. The van der Waals surface area contributed by atoms with E-state index in [0.29, 0.717) is 40.8 Å². The fraction of sp³-hybridized carbons (Fsp3) is 0.600. The van der Waals surface area contributed by atoms with Crippen molar-refractivity contribution in [2.24, 2.45) is 23.2 Å². The van der Waals surface area contributed by atoms with Crippen LogP contribution >= 0.6 is 0 Å². The van der Waals surface area contributed by atoms with Gasteiger partial charge in [-0.2, -0.15) is 0 Å². The average Bonchev–Trinajstić information content (AvgIpc) is 3.20. The van der Waals surface area contributed by atoms with Crippen LogP contribution in [0.4, 0.5) is 0 Å². The maximum atomic E-state index is 13.4. The number of carbonyl (C=O) groups is 2. The molecule has 0 spiro atoms. The van der Waals surface area contributed by atoms with Crippen molar-refractivity contribution in [1.29, 1.82) is 0 Å². The molecule has 4 aliphatic carbocycles. The number of Topliss-reactive ketones (excluding diaryl/α,β-unsaturated/α-hetero) is 1. The van der Waals surface area contributed by atoms with E-state index in [1.165, 1.54) is 19.3 Å². The highest BCUT2D eigenvalue weighted by molar-refractivity contribution is 5.97. The van der Waals surface area contributed by atoms with Crippen LogP contribution in [-0.2, 0) is 22.5 Å². The standard InChI is InChI=1S/C25H28N2O4/c1-14(22(28)25-11-15-7-16(12-25)9-17(8-15)13-25)31-24(30)18-4-5-19-20(10-18)26-21-3-2-6-27(21)23(19)29/h4-5,10,14-17H,2-3,6-9,11-13H2,1H3/t14-,15?,16?,17?,25?/m1/s1. The van der Waals surface area contributed by atoms with Gasteiger partial charge in [-0.1, -0.05) is 0 Å². The summed E-state index contributed by atoms with van der Waals surface area (Å²) in [5.74, 6) is 2.37. The highest BCUT2D eigenvalue weighted by Gasteiger charge is 2.55. The number of esters is 1. The van der Waals surface area contributed by atoms with E-state index in [1.807, 2.05) is 0 Å². The molecule has 162 valence electrons. The van der Waals surface area contributed by atoms with Gasteiger partial charge in [-0.05, 0) is 87.8 Å². The fourth-order valence-electron chi connectivity index (χ4n) is 7.34. The molecule has 7 rings (SSSR count). The Morgan fingerprint density at radius 1 is 1.13 bits per heavy atom. The first kappa shape index (κ1) is 19.2. The lowest BCUT2D eigenvalue weighted by atomic mass is 9.48. The van der Waals surface area contributed by atoms with E-state index in [1.54, 1.807) is 29.7 Å². The summed E-state index contributed by atoms with van der Waals surface area (Å²) in [7, 11) is 0. The maximum absolute atomic E-state index is 13.4. The molecule has 1 atom stereocenters. The quantitative estimate of drug-likeness (QED) is 0.705. The van der Waals surface area contributed by atoms with E-state index in [4.69, 9.17) is 4.74 Å². The smallest absolute Gasteiger partial charge is 0.338 e. The van der Waals surface area contributed by atoms with Gasteiger partial charge in [0.1, 0.15) is 5.82 Å². The summed E-state index contributed by atoms with van der Waals surface area (Å²) < 4.78 is 7.37.